The number of aromatic nitrogens is 8. The summed E-state index contributed by atoms with van der Waals surface area (Å²) in [6, 6.07) is 6.44. The fraction of sp³-hybridized carbons (Fsp3) is 0.308. The third kappa shape index (κ3) is 2.94. The lowest BCUT2D eigenvalue weighted by atomic mass is 9.98. The Balaban J connectivity index is 1.62. The number of hydrogen-bond acceptors (Lipinski definition) is 5. The monoisotopic (exact) mass is 482 g/mol. The van der Waals surface area contributed by atoms with Crippen molar-refractivity contribution in [1.29, 1.82) is 0 Å². The van der Waals surface area contributed by atoms with E-state index in [9.17, 15) is 4.79 Å². The first kappa shape index (κ1) is 21.1. The number of rotatable bonds is 3. The molecule has 1 aliphatic rings. The smallest absolute Gasteiger partial charge is 0.329 e. The molecule has 10 nitrogen and oxygen atoms in total. The van der Waals surface area contributed by atoms with E-state index in [0.717, 1.165) is 68.2 Å². The Kier molecular flexibility index (Phi) is 4.50. The van der Waals surface area contributed by atoms with Crippen LogP contribution in [0.3, 0.4) is 0 Å². The number of ether oxygens (including phenoxy) is 1. The van der Waals surface area contributed by atoms with Crippen LogP contribution >= 0.6 is 0 Å². The number of nitrogens with zero attached hydrogens (tertiary/aromatic N) is 7. The maximum absolute atomic E-state index is 13.6. The normalized spacial score (nSPS) is 15.1. The van der Waals surface area contributed by atoms with Crippen LogP contribution < -0.4 is 5.69 Å². The van der Waals surface area contributed by atoms with Crippen LogP contribution in [0.2, 0.25) is 0 Å². The first-order valence-corrected chi connectivity index (χ1v) is 12.1. The molecule has 0 bridgehead atoms. The van der Waals surface area contributed by atoms with Crippen molar-refractivity contribution in [2.24, 2.45) is 21.1 Å². The van der Waals surface area contributed by atoms with E-state index in [1.807, 2.05) is 49.0 Å². The molecule has 5 aromatic heterocycles. The van der Waals surface area contributed by atoms with E-state index in [0.29, 0.717) is 13.2 Å². The molecule has 1 aromatic carbocycles. The Bertz CT molecular complexity index is 1840. The zero-order valence-electron chi connectivity index (χ0n) is 20.4. The van der Waals surface area contributed by atoms with E-state index in [1.165, 1.54) is 0 Å². The Morgan fingerprint density at radius 2 is 1.83 bits per heavy atom. The molecule has 36 heavy (non-hydrogen) atoms. The van der Waals surface area contributed by atoms with Crippen molar-refractivity contribution >= 4 is 33.0 Å². The molecule has 1 aliphatic heterocycles. The second-order valence-electron chi connectivity index (χ2n) is 9.59. The standard InChI is InChI=1S/C26H26N8O2/c1-31-14-17(12-28-31)23-21(15-4-5-19-16(10-15)11-29-33(19)3)22-24-20(13-27-25(22)30-23)32(2)26(35)34(24)18-6-8-36-9-7-18/h4-5,10-14,18H,6-9H2,1-3H3,(H,27,30). The van der Waals surface area contributed by atoms with Crippen LogP contribution in [0.5, 0.6) is 0 Å². The van der Waals surface area contributed by atoms with Gasteiger partial charge in [-0.05, 0) is 30.5 Å². The van der Waals surface area contributed by atoms with Gasteiger partial charge < -0.3 is 9.72 Å². The molecule has 0 aliphatic carbocycles. The summed E-state index contributed by atoms with van der Waals surface area (Å²) >= 11 is 0. The summed E-state index contributed by atoms with van der Waals surface area (Å²) in [4.78, 5) is 21.9. The fourth-order valence-corrected chi connectivity index (χ4v) is 5.64. The van der Waals surface area contributed by atoms with Crippen LogP contribution in [0.1, 0.15) is 18.9 Å². The molecule has 0 spiro atoms. The molecule has 1 fully saturated rings. The number of pyridine rings is 1. The Morgan fingerprint density at radius 1 is 1.00 bits per heavy atom. The van der Waals surface area contributed by atoms with Crippen molar-refractivity contribution in [1.82, 2.24) is 38.7 Å². The molecule has 0 amide bonds. The summed E-state index contributed by atoms with van der Waals surface area (Å²) in [5.74, 6) is 0. The summed E-state index contributed by atoms with van der Waals surface area (Å²) in [5.41, 5.74) is 7.43. The maximum Gasteiger partial charge on any atom is 0.329 e. The van der Waals surface area contributed by atoms with Gasteiger partial charge in [-0.3, -0.25) is 18.5 Å². The van der Waals surface area contributed by atoms with Crippen molar-refractivity contribution in [3.63, 3.8) is 0 Å². The molecule has 6 aromatic rings. The highest BCUT2D eigenvalue weighted by Gasteiger charge is 2.27. The van der Waals surface area contributed by atoms with Crippen molar-refractivity contribution in [3.8, 4) is 22.4 Å². The first-order valence-electron chi connectivity index (χ1n) is 12.1. The Labute approximate surface area is 205 Å². The van der Waals surface area contributed by atoms with Crippen LogP contribution in [-0.2, 0) is 25.9 Å². The molecule has 0 saturated carbocycles. The van der Waals surface area contributed by atoms with Crippen molar-refractivity contribution in [2.75, 3.05) is 13.2 Å². The zero-order valence-corrected chi connectivity index (χ0v) is 20.4. The summed E-state index contributed by atoms with van der Waals surface area (Å²) in [5, 5.41) is 10.8. The fourth-order valence-electron chi connectivity index (χ4n) is 5.64. The van der Waals surface area contributed by atoms with E-state index in [-0.39, 0.29) is 11.7 Å². The van der Waals surface area contributed by atoms with Crippen molar-refractivity contribution in [3.05, 3.63) is 53.5 Å². The number of imidazole rings is 1. The highest BCUT2D eigenvalue weighted by Crippen LogP contribution is 2.42. The Hall–Kier alpha value is -4.18. The van der Waals surface area contributed by atoms with Crippen LogP contribution in [0.25, 0.3) is 55.4 Å². The van der Waals surface area contributed by atoms with Crippen molar-refractivity contribution < 1.29 is 4.74 Å². The van der Waals surface area contributed by atoms with E-state index < -0.39 is 0 Å². The van der Waals surface area contributed by atoms with Gasteiger partial charge in [0.2, 0.25) is 0 Å². The van der Waals surface area contributed by atoms with Gasteiger partial charge in [-0.15, -0.1) is 0 Å². The van der Waals surface area contributed by atoms with Gasteiger partial charge in [-0.25, -0.2) is 9.78 Å². The molecular weight excluding hydrogens is 456 g/mol. The van der Waals surface area contributed by atoms with Gasteiger partial charge in [0, 0.05) is 63.1 Å². The molecule has 0 unspecified atom stereocenters. The van der Waals surface area contributed by atoms with Gasteiger partial charge in [-0.2, -0.15) is 10.2 Å². The number of nitrogens with one attached hydrogen (secondary N) is 1. The highest BCUT2D eigenvalue weighted by atomic mass is 16.5. The summed E-state index contributed by atoms with van der Waals surface area (Å²) in [6.07, 6.45) is 9.13. The van der Waals surface area contributed by atoms with Gasteiger partial charge in [-0.1, -0.05) is 6.07 Å². The third-order valence-corrected chi connectivity index (χ3v) is 7.46. The Morgan fingerprint density at radius 3 is 2.61 bits per heavy atom. The van der Waals surface area contributed by atoms with Gasteiger partial charge in [0.1, 0.15) is 5.65 Å². The number of hydrogen-bond donors (Lipinski definition) is 1. The predicted octanol–water partition coefficient (Wildman–Crippen LogP) is 3.52. The number of aromatic amines is 1. The summed E-state index contributed by atoms with van der Waals surface area (Å²) < 4.78 is 12.9. The molecular formula is C26H26N8O2. The van der Waals surface area contributed by atoms with Crippen LogP contribution in [0.4, 0.5) is 0 Å². The highest BCUT2D eigenvalue weighted by molar-refractivity contribution is 6.14. The zero-order chi connectivity index (χ0) is 24.6. The number of aryl methyl sites for hydroxylation is 3. The van der Waals surface area contributed by atoms with Gasteiger partial charge in [0.05, 0.1) is 46.2 Å². The topological polar surface area (TPSA) is 100 Å². The molecule has 0 atom stereocenters. The van der Waals surface area contributed by atoms with E-state index in [4.69, 9.17) is 9.72 Å². The minimum atomic E-state index is -0.0241. The average molecular weight is 483 g/mol. The molecule has 10 heteroatoms. The summed E-state index contributed by atoms with van der Waals surface area (Å²) in [7, 11) is 5.67. The first-order chi connectivity index (χ1) is 17.5. The van der Waals surface area contributed by atoms with E-state index >= 15 is 0 Å². The SMILES string of the molecule is Cn1cc(-c2[nH]c3ncc4c(c3c2-c2ccc3c(cnn3C)c2)n(C2CCOCC2)c(=O)n4C)cn1. The number of fused-ring (bicyclic) bond motifs is 4. The van der Waals surface area contributed by atoms with Gasteiger partial charge in [0.25, 0.3) is 0 Å². The summed E-state index contributed by atoms with van der Waals surface area (Å²) in [6.45, 7) is 1.31. The minimum Gasteiger partial charge on any atom is -0.381 e. The third-order valence-electron chi connectivity index (χ3n) is 7.46. The van der Waals surface area contributed by atoms with Gasteiger partial charge in [0.15, 0.2) is 0 Å². The molecule has 6 heterocycles. The quantitative estimate of drug-likeness (QED) is 0.416. The largest absolute Gasteiger partial charge is 0.381 e. The number of H-pyrrole nitrogens is 1. The predicted molar refractivity (Wildman–Crippen MR) is 138 cm³/mol. The van der Waals surface area contributed by atoms with Crippen molar-refractivity contribution in [2.45, 2.75) is 18.9 Å². The molecule has 1 saturated heterocycles. The molecule has 1 N–H and O–H groups in total. The second-order valence-corrected chi connectivity index (χ2v) is 9.59. The number of benzene rings is 1. The lowest BCUT2D eigenvalue weighted by Gasteiger charge is -2.23. The molecule has 7 rings (SSSR count). The van der Waals surface area contributed by atoms with E-state index in [1.54, 1.807) is 15.4 Å². The lowest BCUT2D eigenvalue weighted by molar-refractivity contribution is 0.0697. The van der Waals surface area contributed by atoms with Crippen LogP contribution in [0.15, 0.2) is 47.8 Å². The minimum absolute atomic E-state index is 0.0241. The maximum atomic E-state index is 13.6. The molecule has 182 valence electrons. The molecule has 0 radical (unpaired) electrons. The average Bonchev–Trinajstić information content (AvgIpc) is 3.64. The van der Waals surface area contributed by atoms with Gasteiger partial charge >= 0.3 is 5.69 Å². The second kappa shape index (κ2) is 7.66. The van der Waals surface area contributed by atoms with E-state index in [2.05, 4.69) is 33.4 Å². The van der Waals surface area contributed by atoms with Crippen LogP contribution in [0, 0.1) is 0 Å². The lowest BCUT2D eigenvalue weighted by Crippen LogP contribution is -2.29. The van der Waals surface area contributed by atoms with Crippen LogP contribution in [-0.4, -0.2) is 51.9 Å².